The summed E-state index contributed by atoms with van der Waals surface area (Å²) in [4.78, 5) is 10.8. The van der Waals surface area contributed by atoms with E-state index in [0.29, 0.717) is 16.1 Å². The first-order valence-electron chi connectivity index (χ1n) is 6.91. The van der Waals surface area contributed by atoms with E-state index in [-0.39, 0.29) is 12.4 Å². The molecule has 3 rings (SSSR count). The van der Waals surface area contributed by atoms with Crippen LogP contribution in [0, 0.1) is 0 Å². The second-order valence-electron chi connectivity index (χ2n) is 5.10. The topological polar surface area (TPSA) is 41.0 Å². The maximum atomic E-state index is 6.18. The second kappa shape index (κ2) is 7.97. The summed E-state index contributed by atoms with van der Waals surface area (Å²) in [6.45, 7) is 2.62. The molecule has 2 aromatic rings. The standard InChI is InChI=1S/C15H16Cl2N4.ClH/c16-12-3-2-11(14(17)8-12)9-20-13-4-7-21(10-13)15-18-5-1-6-19-15;/h1-3,5-6,8,13,20H,4,7,9-10H2;1H/t13-;/m0./s1. The Bertz CT molecular complexity index is 609. The Hall–Kier alpha value is -1.07. The molecule has 1 saturated heterocycles. The van der Waals surface area contributed by atoms with Crippen molar-refractivity contribution >= 4 is 41.6 Å². The molecule has 1 aromatic carbocycles. The zero-order valence-corrected chi connectivity index (χ0v) is 14.2. The Morgan fingerprint density at radius 1 is 1.23 bits per heavy atom. The highest BCUT2D eigenvalue weighted by molar-refractivity contribution is 6.35. The normalized spacial score (nSPS) is 17.4. The summed E-state index contributed by atoms with van der Waals surface area (Å²) in [5.74, 6) is 0.798. The molecule has 118 valence electrons. The van der Waals surface area contributed by atoms with Gasteiger partial charge in [-0.1, -0.05) is 29.3 Å². The van der Waals surface area contributed by atoms with Crippen LogP contribution in [0.25, 0.3) is 0 Å². The molecule has 0 spiro atoms. The lowest BCUT2D eigenvalue weighted by molar-refractivity contribution is 0.551. The fraction of sp³-hybridized carbons (Fsp3) is 0.333. The van der Waals surface area contributed by atoms with Crippen molar-refractivity contribution in [1.82, 2.24) is 15.3 Å². The van der Waals surface area contributed by atoms with Crippen LogP contribution in [0.4, 0.5) is 5.95 Å². The molecule has 1 atom stereocenters. The van der Waals surface area contributed by atoms with E-state index in [0.717, 1.165) is 37.6 Å². The summed E-state index contributed by atoms with van der Waals surface area (Å²) in [6, 6.07) is 7.85. The molecule has 0 bridgehead atoms. The Morgan fingerprint density at radius 3 is 2.73 bits per heavy atom. The molecule has 1 aliphatic heterocycles. The molecular formula is C15H17Cl3N4. The van der Waals surface area contributed by atoms with Crippen LogP contribution in [0.15, 0.2) is 36.7 Å². The first-order chi connectivity index (χ1) is 10.2. The van der Waals surface area contributed by atoms with Crippen LogP contribution in [0.1, 0.15) is 12.0 Å². The summed E-state index contributed by atoms with van der Waals surface area (Å²) in [7, 11) is 0. The molecule has 7 heteroatoms. The average Bonchev–Trinajstić information content (AvgIpc) is 2.96. The van der Waals surface area contributed by atoms with Crippen molar-refractivity contribution in [3.8, 4) is 0 Å². The van der Waals surface area contributed by atoms with Gasteiger partial charge in [0.15, 0.2) is 0 Å². The van der Waals surface area contributed by atoms with Gasteiger partial charge in [0.25, 0.3) is 0 Å². The number of hydrogen-bond acceptors (Lipinski definition) is 4. The Kier molecular flexibility index (Phi) is 6.26. The van der Waals surface area contributed by atoms with Gasteiger partial charge in [-0.15, -0.1) is 12.4 Å². The number of halogens is 3. The van der Waals surface area contributed by atoms with Crippen molar-refractivity contribution in [2.24, 2.45) is 0 Å². The van der Waals surface area contributed by atoms with Crippen LogP contribution in [-0.4, -0.2) is 29.1 Å². The van der Waals surface area contributed by atoms with Gasteiger partial charge in [-0.25, -0.2) is 9.97 Å². The van der Waals surface area contributed by atoms with Crippen molar-refractivity contribution in [2.75, 3.05) is 18.0 Å². The molecule has 1 aromatic heterocycles. The van der Waals surface area contributed by atoms with Gasteiger partial charge >= 0.3 is 0 Å². The fourth-order valence-electron chi connectivity index (χ4n) is 2.48. The predicted octanol–water partition coefficient (Wildman–Crippen LogP) is 3.57. The van der Waals surface area contributed by atoms with Gasteiger partial charge in [-0.05, 0) is 30.2 Å². The Balaban J connectivity index is 0.00000176. The maximum absolute atomic E-state index is 6.18. The Morgan fingerprint density at radius 2 is 2.00 bits per heavy atom. The molecule has 2 heterocycles. The zero-order valence-electron chi connectivity index (χ0n) is 11.9. The van der Waals surface area contributed by atoms with Crippen molar-refractivity contribution in [1.29, 1.82) is 0 Å². The molecule has 0 radical (unpaired) electrons. The molecule has 1 N–H and O–H groups in total. The van der Waals surface area contributed by atoms with Crippen molar-refractivity contribution < 1.29 is 0 Å². The van der Waals surface area contributed by atoms with Gasteiger partial charge in [0.1, 0.15) is 0 Å². The SMILES string of the molecule is Cl.Clc1ccc(CN[C@H]2CCN(c3ncccn3)C2)c(Cl)c1. The highest BCUT2D eigenvalue weighted by Crippen LogP contribution is 2.21. The molecule has 0 saturated carbocycles. The van der Waals surface area contributed by atoms with Crippen LogP contribution >= 0.6 is 35.6 Å². The third-order valence-corrected chi connectivity index (χ3v) is 4.21. The van der Waals surface area contributed by atoms with Gasteiger partial charge in [0, 0.05) is 48.1 Å². The molecule has 0 amide bonds. The second-order valence-corrected chi connectivity index (χ2v) is 5.94. The van der Waals surface area contributed by atoms with Gasteiger partial charge < -0.3 is 10.2 Å². The maximum Gasteiger partial charge on any atom is 0.225 e. The van der Waals surface area contributed by atoms with Gasteiger partial charge in [0.05, 0.1) is 0 Å². The highest BCUT2D eigenvalue weighted by atomic mass is 35.5. The minimum absolute atomic E-state index is 0. The quantitative estimate of drug-likeness (QED) is 0.906. The van der Waals surface area contributed by atoms with Crippen molar-refractivity contribution in [3.05, 3.63) is 52.3 Å². The van der Waals surface area contributed by atoms with Crippen LogP contribution < -0.4 is 10.2 Å². The number of nitrogens with zero attached hydrogens (tertiary/aromatic N) is 3. The molecule has 0 unspecified atom stereocenters. The Labute approximate surface area is 146 Å². The average molecular weight is 360 g/mol. The monoisotopic (exact) mass is 358 g/mol. The molecule has 22 heavy (non-hydrogen) atoms. The lowest BCUT2D eigenvalue weighted by Crippen LogP contribution is -2.32. The molecule has 0 aliphatic carbocycles. The van der Waals surface area contributed by atoms with E-state index in [9.17, 15) is 0 Å². The minimum Gasteiger partial charge on any atom is -0.339 e. The van der Waals surface area contributed by atoms with E-state index in [1.807, 2.05) is 18.2 Å². The largest absolute Gasteiger partial charge is 0.339 e. The van der Waals surface area contributed by atoms with Crippen molar-refractivity contribution in [2.45, 2.75) is 19.0 Å². The summed E-state index contributed by atoms with van der Waals surface area (Å²) in [6.07, 6.45) is 4.62. The van der Waals surface area contributed by atoms with E-state index in [1.54, 1.807) is 18.5 Å². The third-order valence-electron chi connectivity index (χ3n) is 3.62. The van der Waals surface area contributed by atoms with Gasteiger partial charge in [-0.2, -0.15) is 0 Å². The number of nitrogens with one attached hydrogen (secondary N) is 1. The summed E-state index contributed by atoms with van der Waals surface area (Å²) in [5.41, 5.74) is 1.07. The van der Waals surface area contributed by atoms with Gasteiger partial charge in [0.2, 0.25) is 5.95 Å². The van der Waals surface area contributed by atoms with Gasteiger partial charge in [-0.3, -0.25) is 0 Å². The van der Waals surface area contributed by atoms with Crippen LogP contribution in [-0.2, 0) is 6.54 Å². The number of anilines is 1. The molecule has 1 fully saturated rings. The number of rotatable bonds is 4. The van der Waals surface area contributed by atoms with E-state index in [4.69, 9.17) is 23.2 Å². The van der Waals surface area contributed by atoms with E-state index in [1.165, 1.54) is 0 Å². The summed E-state index contributed by atoms with van der Waals surface area (Å²) >= 11 is 12.1. The van der Waals surface area contributed by atoms with E-state index in [2.05, 4.69) is 20.2 Å². The van der Waals surface area contributed by atoms with E-state index < -0.39 is 0 Å². The number of aromatic nitrogens is 2. The third kappa shape index (κ3) is 4.23. The number of hydrogen-bond donors (Lipinski definition) is 1. The summed E-state index contributed by atoms with van der Waals surface area (Å²) in [5, 5.41) is 4.90. The lowest BCUT2D eigenvalue weighted by atomic mass is 10.2. The lowest BCUT2D eigenvalue weighted by Gasteiger charge is -2.16. The van der Waals surface area contributed by atoms with Crippen LogP contribution in [0.3, 0.4) is 0 Å². The molecule has 1 aliphatic rings. The molecular weight excluding hydrogens is 343 g/mol. The van der Waals surface area contributed by atoms with Crippen LogP contribution in [0.5, 0.6) is 0 Å². The first kappa shape index (κ1) is 17.3. The zero-order chi connectivity index (χ0) is 14.7. The minimum atomic E-state index is 0. The summed E-state index contributed by atoms with van der Waals surface area (Å²) < 4.78 is 0. The van der Waals surface area contributed by atoms with Crippen LogP contribution in [0.2, 0.25) is 10.0 Å². The predicted molar refractivity (Wildman–Crippen MR) is 93.2 cm³/mol. The van der Waals surface area contributed by atoms with Crippen molar-refractivity contribution in [3.63, 3.8) is 0 Å². The van der Waals surface area contributed by atoms with E-state index >= 15 is 0 Å². The molecule has 4 nitrogen and oxygen atoms in total. The fourth-order valence-corrected chi connectivity index (χ4v) is 2.96. The number of benzene rings is 1. The highest BCUT2D eigenvalue weighted by Gasteiger charge is 2.23. The first-order valence-corrected chi connectivity index (χ1v) is 7.67. The smallest absolute Gasteiger partial charge is 0.225 e.